The van der Waals surface area contributed by atoms with Gasteiger partial charge in [0.05, 0.1) is 30.6 Å². The zero-order chi connectivity index (χ0) is 20.0. The van der Waals surface area contributed by atoms with E-state index < -0.39 is 11.7 Å². The number of aromatic nitrogens is 6. The van der Waals surface area contributed by atoms with Crippen LogP contribution in [0.4, 0.5) is 4.39 Å². The summed E-state index contributed by atoms with van der Waals surface area (Å²) in [5, 5.41) is 24.6. The molecular formula is C18H15ClFN7O. The highest BCUT2D eigenvalue weighted by molar-refractivity contribution is 6.33. The van der Waals surface area contributed by atoms with Crippen LogP contribution in [0, 0.1) is 17.1 Å². The summed E-state index contributed by atoms with van der Waals surface area (Å²) in [5.74, 6) is 0.00243. The molecule has 28 heavy (non-hydrogen) atoms. The standard InChI is InChI=1S/C18H15ClFN7O/c1-8(5-21)17-24-18(26-25-17)16-12(9-6-22-23-7-9)10-4-11(28-3)13(19)14(20)15(10)27(16)2/h4,6-8H,1-3H3,(H,22,23)(H,24,25,26)/t8-/m0/s1. The molecule has 0 fully saturated rings. The average molecular weight is 400 g/mol. The van der Waals surface area contributed by atoms with Crippen LogP contribution in [-0.4, -0.2) is 37.1 Å². The van der Waals surface area contributed by atoms with Gasteiger partial charge in [-0.3, -0.25) is 5.10 Å². The van der Waals surface area contributed by atoms with Crippen LogP contribution in [0.3, 0.4) is 0 Å². The summed E-state index contributed by atoms with van der Waals surface area (Å²) in [7, 11) is 3.14. The van der Waals surface area contributed by atoms with Gasteiger partial charge in [-0.05, 0) is 13.0 Å². The lowest BCUT2D eigenvalue weighted by Gasteiger charge is -2.06. The number of nitrogens with one attached hydrogen (secondary N) is 2. The van der Waals surface area contributed by atoms with Gasteiger partial charge in [0, 0.05) is 29.8 Å². The van der Waals surface area contributed by atoms with Crippen molar-refractivity contribution in [2.24, 2.45) is 7.05 Å². The molecule has 0 aliphatic carbocycles. The predicted molar refractivity (Wildman–Crippen MR) is 101 cm³/mol. The topological polar surface area (TPSA) is 108 Å². The first kappa shape index (κ1) is 18.0. The van der Waals surface area contributed by atoms with E-state index in [2.05, 4.69) is 31.4 Å². The van der Waals surface area contributed by atoms with E-state index in [1.807, 2.05) is 0 Å². The van der Waals surface area contributed by atoms with Gasteiger partial charge in [0.15, 0.2) is 11.6 Å². The lowest BCUT2D eigenvalue weighted by atomic mass is 10.0. The smallest absolute Gasteiger partial charge is 0.178 e. The molecule has 10 heteroatoms. The molecule has 4 aromatic rings. The highest BCUT2D eigenvalue weighted by atomic mass is 35.5. The van der Waals surface area contributed by atoms with Gasteiger partial charge in [0.25, 0.3) is 0 Å². The van der Waals surface area contributed by atoms with Gasteiger partial charge in [-0.15, -0.1) is 10.2 Å². The van der Waals surface area contributed by atoms with Crippen LogP contribution in [0.5, 0.6) is 5.75 Å². The normalized spacial score (nSPS) is 12.3. The van der Waals surface area contributed by atoms with Crippen molar-refractivity contribution in [3.63, 3.8) is 0 Å². The maximum absolute atomic E-state index is 15.1. The van der Waals surface area contributed by atoms with E-state index in [1.54, 1.807) is 37.0 Å². The number of halogens is 2. The number of hydrogen-bond donors (Lipinski definition) is 2. The molecule has 0 amide bonds. The highest BCUT2D eigenvalue weighted by Gasteiger charge is 2.26. The Labute approximate surface area is 163 Å². The molecule has 0 saturated carbocycles. The van der Waals surface area contributed by atoms with Gasteiger partial charge in [-0.25, -0.2) is 4.39 Å². The van der Waals surface area contributed by atoms with Crippen LogP contribution in [0.2, 0.25) is 5.02 Å². The van der Waals surface area contributed by atoms with Crippen LogP contribution in [0.25, 0.3) is 33.5 Å². The molecule has 2 N–H and O–H groups in total. The van der Waals surface area contributed by atoms with Gasteiger partial charge >= 0.3 is 0 Å². The van der Waals surface area contributed by atoms with Gasteiger partial charge in [0.1, 0.15) is 22.5 Å². The summed E-state index contributed by atoms with van der Waals surface area (Å²) < 4.78 is 22.0. The van der Waals surface area contributed by atoms with Crippen molar-refractivity contribution in [1.29, 1.82) is 5.26 Å². The summed E-state index contributed by atoms with van der Waals surface area (Å²) in [6.45, 7) is 1.72. The molecule has 142 valence electrons. The van der Waals surface area contributed by atoms with E-state index in [4.69, 9.17) is 21.6 Å². The van der Waals surface area contributed by atoms with Crippen molar-refractivity contribution >= 4 is 22.5 Å². The number of nitriles is 1. The Balaban J connectivity index is 2.10. The molecule has 3 heterocycles. The molecule has 0 unspecified atom stereocenters. The largest absolute Gasteiger partial charge is 0.495 e. The average Bonchev–Trinajstić information content (AvgIpc) is 3.42. The second kappa shape index (κ2) is 6.65. The minimum Gasteiger partial charge on any atom is -0.495 e. The number of fused-ring (bicyclic) bond motifs is 1. The Hall–Kier alpha value is -3.38. The molecule has 0 bridgehead atoms. The molecule has 0 aliphatic rings. The van der Waals surface area contributed by atoms with Crippen LogP contribution in [-0.2, 0) is 7.05 Å². The van der Waals surface area contributed by atoms with Crippen molar-refractivity contribution in [2.75, 3.05) is 7.11 Å². The van der Waals surface area contributed by atoms with E-state index in [-0.39, 0.29) is 10.8 Å². The molecule has 4 rings (SSSR count). The first-order valence-corrected chi connectivity index (χ1v) is 8.71. The highest BCUT2D eigenvalue weighted by Crippen LogP contribution is 2.44. The third-order valence-corrected chi connectivity index (χ3v) is 5.02. The molecule has 0 aliphatic heterocycles. The number of rotatable bonds is 4. The summed E-state index contributed by atoms with van der Waals surface area (Å²) in [6, 6.07) is 3.79. The number of aromatic amines is 2. The van der Waals surface area contributed by atoms with E-state index in [0.29, 0.717) is 33.8 Å². The quantitative estimate of drug-likeness (QED) is 0.542. The minimum absolute atomic E-state index is 0.0998. The molecule has 3 aromatic heterocycles. The first-order chi connectivity index (χ1) is 13.5. The Kier molecular flexibility index (Phi) is 4.28. The first-order valence-electron chi connectivity index (χ1n) is 8.34. The zero-order valence-corrected chi connectivity index (χ0v) is 16.0. The third kappa shape index (κ3) is 2.53. The second-order valence-corrected chi connectivity index (χ2v) is 6.66. The lowest BCUT2D eigenvalue weighted by molar-refractivity contribution is 0.412. The molecule has 1 aromatic carbocycles. The number of methoxy groups -OCH3 is 1. The van der Waals surface area contributed by atoms with Crippen LogP contribution >= 0.6 is 11.6 Å². The maximum Gasteiger partial charge on any atom is 0.178 e. The predicted octanol–water partition coefficient (Wildman–Crippen LogP) is 3.78. The Morgan fingerprint density at radius 2 is 2.18 bits per heavy atom. The minimum atomic E-state index is -0.598. The molecule has 0 spiro atoms. The molecule has 0 saturated heterocycles. The number of H-pyrrole nitrogens is 2. The molecular weight excluding hydrogens is 385 g/mol. The Bertz CT molecular complexity index is 1220. The maximum atomic E-state index is 15.1. The summed E-state index contributed by atoms with van der Waals surface area (Å²) in [4.78, 5) is 3.06. The van der Waals surface area contributed by atoms with Crippen LogP contribution < -0.4 is 4.74 Å². The van der Waals surface area contributed by atoms with Gasteiger partial charge in [0.2, 0.25) is 0 Å². The van der Waals surface area contributed by atoms with E-state index in [1.165, 1.54) is 7.11 Å². The van der Waals surface area contributed by atoms with Crippen molar-refractivity contribution in [3.05, 3.63) is 35.1 Å². The fourth-order valence-electron chi connectivity index (χ4n) is 3.26. The monoisotopic (exact) mass is 399 g/mol. The van der Waals surface area contributed by atoms with E-state index in [0.717, 1.165) is 5.56 Å². The van der Waals surface area contributed by atoms with E-state index in [9.17, 15) is 0 Å². The van der Waals surface area contributed by atoms with Gasteiger partial charge < -0.3 is 14.3 Å². The summed E-state index contributed by atoms with van der Waals surface area (Å²) in [5.41, 5.74) is 2.30. The summed E-state index contributed by atoms with van der Waals surface area (Å²) >= 11 is 6.14. The number of nitrogens with zero attached hydrogens (tertiary/aromatic N) is 5. The molecule has 8 nitrogen and oxygen atoms in total. The Morgan fingerprint density at radius 3 is 2.82 bits per heavy atom. The fraction of sp³-hybridized carbons (Fsp3) is 0.222. The Morgan fingerprint density at radius 1 is 1.39 bits per heavy atom. The van der Waals surface area contributed by atoms with Crippen LogP contribution in [0.15, 0.2) is 18.5 Å². The lowest BCUT2D eigenvalue weighted by Crippen LogP contribution is -1.97. The molecule has 0 radical (unpaired) electrons. The second-order valence-electron chi connectivity index (χ2n) is 6.28. The van der Waals surface area contributed by atoms with Crippen LogP contribution in [0.1, 0.15) is 18.7 Å². The number of ether oxygens (including phenoxy) is 1. The number of aryl methyl sites for hydroxylation is 1. The third-order valence-electron chi connectivity index (χ3n) is 4.66. The van der Waals surface area contributed by atoms with Crippen molar-refractivity contribution in [1.82, 2.24) is 29.9 Å². The summed E-state index contributed by atoms with van der Waals surface area (Å²) in [6.07, 6.45) is 3.33. The zero-order valence-electron chi connectivity index (χ0n) is 15.2. The van der Waals surface area contributed by atoms with E-state index >= 15 is 4.39 Å². The van der Waals surface area contributed by atoms with Gasteiger partial charge in [-0.1, -0.05) is 11.6 Å². The number of hydrogen-bond acceptors (Lipinski definition) is 5. The van der Waals surface area contributed by atoms with Crippen molar-refractivity contribution in [3.8, 4) is 34.5 Å². The SMILES string of the molecule is COc1cc2c(-c3cn[nH]c3)c(-c3nnc([C@@H](C)C#N)[nH]3)n(C)c2c(F)c1Cl. The molecule has 1 atom stereocenters. The van der Waals surface area contributed by atoms with Crippen molar-refractivity contribution < 1.29 is 9.13 Å². The van der Waals surface area contributed by atoms with Crippen molar-refractivity contribution in [2.45, 2.75) is 12.8 Å². The van der Waals surface area contributed by atoms with Gasteiger partial charge in [-0.2, -0.15) is 10.4 Å². The number of benzene rings is 1. The fourth-order valence-corrected chi connectivity index (χ4v) is 3.48.